The Bertz CT molecular complexity index is 1260. The molecule has 1 aromatic heterocycles. The van der Waals surface area contributed by atoms with E-state index >= 15 is 0 Å². The van der Waals surface area contributed by atoms with E-state index in [4.69, 9.17) is 17.3 Å². The highest BCUT2D eigenvalue weighted by Crippen LogP contribution is 2.33. The molecule has 0 saturated carbocycles. The summed E-state index contributed by atoms with van der Waals surface area (Å²) in [6, 6.07) is 23.8. The van der Waals surface area contributed by atoms with Crippen molar-refractivity contribution in [3.8, 4) is 11.1 Å². The molecule has 6 heteroatoms. The number of carbonyl (C=O) groups excluding carboxylic acids is 2. The van der Waals surface area contributed by atoms with Crippen molar-refractivity contribution in [3.05, 3.63) is 112 Å². The van der Waals surface area contributed by atoms with Gasteiger partial charge in [-0.3, -0.25) is 9.59 Å². The first kappa shape index (κ1) is 21.4. The second-order valence-corrected chi connectivity index (χ2v) is 7.97. The topological polar surface area (TPSA) is 88.0 Å². The molecule has 160 valence electrons. The summed E-state index contributed by atoms with van der Waals surface area (Å²) < 4.78 is 0. The highest BCUT2D eigenvalue weighted by molar-refractivity contribution is 6.30. The quantitative estimate of drug-likeness (QED) is 0.349. The molecule has 1 amide bonds. The van der Waals surface area contributed by atoms with Crippen LogP contribution in [0.1, 0.15) is 37.5 Å². The van der Waals surface area contributed by atoms with Crippen molar-refractivity contribution in [2.45, 2.75) is 13.5 Å². The van der Waals surface area contributed by atoms with Crippen LogP contribution in [-0.2, 0) is 6.54 Å². The number of amides is 1. The first-order chi connectivity index (χ1) is 15.4. The molecule has 0 radical (unpaired) electrons. The number of hydrogen-bond donors (Lipinski definition) is 3. The molecular formula is C26H22ClN3O2. The van der Waals surface area contributed by atoms with Gasteiger partial charge in [0.1, 0.15) is 5.82 Å². The van der Waals surface area contributed by atoms with E-state index in [1.165, 1.54) is 0 Å². The first-order valence-electron chi connectivity index (χ1n) is 10.1. The van der Waals surface area contributed by atoms with E-state index < -0.39 is 0 Å². The molecule has 0 aliphatic carbocycles. The SMILES string of the molecule is Cc1ccc(-c2c(C(=O)c3ccccc3)[nH]c(N)c2C(=O)NCc2ccc(Cl)cc2)cc1. The Labute approximate surface area is 191 Å². The van der Waals surface area contributed by atoms with Crippen LogP contribution in [0.25, 0.3) is 11.1 Å². The van der Waals surface area contributed by atoms with Crippen LogP contribution in [0.4, 0.5) is 5.82 Å². The Hall–Kier alpha value is -3.83. The molecule has 0 aliphatic heterocycles. The maximum atomic E-state index is 13.3. The second-order valence-electron chi connectivity index (χ2n) is 7.53. The fraction of sp³-hybridized carbons (Fsp3) is 0.0769. The molecule has 1 heterocycles. The van der Waals surface area contributed by atoms with Gasteiger partial charge in [-0.05, 0) is 30.2 Å². The lowest BCUT2D eigenvalue weighted by Crippen LogP contribution is -2.24. The molecule has 4 N–H and O–H groups in total. The number of hydrogen-bond acceptors (Lipinski definition) is 3. The molecule has 32 heavy (non-hydrogen) atoms. The van der Waals surface area contributed by atoms with E-state index in [0.29, 0.717) is 22.7 Å². The number of nitrogens with two attached hydrogens (primary N) is 1. The zero-order valence-corrected chi connectivity index (χ0v) is 18.2. The van der Waals surface area contributed by atoms with Crippen LogP contribution in [0.2, 0.25) is 5.02 Å². The minimum Gasteiger partial charge on any atom is -0.385 e. The lowest BCUT2D eigenvalue weighted by molar-refractivity contribution is 0.0952. The third-order valence-electron chi connectivity index (χ3n) is 5.23. The number of rotatable bonds is 6. The molecule has 0 aliphatic rings. The van der Waals surface area contributed by atoms with E-state index in [-0.39, 0.29) is 28.8 Å². The van der Waals surface area contributed by atoms with E-state index in [0.717, 1.165) is 16.7 Å². The smallest absolute Gasteiger partial charge is 0.255 e. The summed E-state index contributed by atoms with van der Waals surface area (Å²) in [6.45, 7) is 2.28. The van der Waals surface area contributed by atoms with Crippen molar-refractivity contribution in [2.75, 3.05) is 5.73 Å². The summed E-state index contributed by atoms with van der Waals surface area (Å²) in [6.07, 6.45) is 0. The van der Waals surface area contributed by atoms with Crippen LogP contribution in [0.15, 0.2) is 78.9 Å². The summed E-state index contributed by atoms with van der Waals surface area (Å²) in [5, 5.41) is 3.52. The van der Waals surface area contributed by atoms with Gasteiger partial charge in [0.05, 0.1) is 11.3 Å². The number of aromatic amines is 1. The third-order valence-corrected chi connectivity index (χ3v) is 5.48. The normalized spacial score (nSPS) is 10.7. The lowest BCUT2D eigenvalue weighted by atomic mass is 9.96. The Morgan fingerprint density at radius 2 is 1.59 bits per heavy atom. The maximum Gasteiger partial charge on any atom is 0.255 e. The van der Waals surface area contributed by atoms with Gasteiger partial charge < -0.3 is 16.0 Å². The van der Waals surface area contributed by atoms with Gasteiger partial charge in [0, 0.05) is 22.7 Å². The van der Waals surface area contributed by atoms with E-state index in [2.05, 4.69) is 10.3 Å². The summed E-state index contributed by atoms with van der Waals surface area (Å²) in [5.41, 5.74) is 10.5. The number of nitrogen functional groups attached to an aromatic ring is 1. The largest absolute Gasteiger partial charge is 0.385 e. The molecule has 4 aromatic rings. The van der Waals surface area contributed by atoms with Gasteiger partial charge in [-0.25, -0.2) is 0 Å². The molecule has 3 aromatic carbocycles. The van der Waals surface area contributed by atoms with Gasteiger partial charge in [0.15, 0.2) is 0 Å². The number of benzene rings is 3. The van der Waals surface area contributed by atoms with Crippen LogP contribution >= 0.6 is 11.6 Å². The zero-order chi connectivity index (χ0) is 22.7. The van der Waals surface area contributed by atoms with Crippen LogP contribution in [0.5, 0.6) is 0 Å². The summed E-state index contributed by atoms with van der Waals surface area (Å²) in [5.74, 6) is -0.450. The van der Waals surface area contributed by atoms with Gasteiger partial charge in [0.25, 0.3) is 5.91 Å². The number of aryl methyl sites for hydroxylation is 1. The Kier molecular flexibility index (Phi) is 6.10. The van der Waals surface area contributed by atoms with E-state index in [9.17, 15) is 9.59 Å². The number of aromatic nitrogens is 1. The van der Waals surface area contributed by atoms with Crippen LogP contribution < -0.4 is 11.1 Å². The van der Waals surface area contributed by atoms with Crippen LogP contribution in [0.3, 0.4) is 0 Å². The Morgan fingerprint density at radius 1 is 0.938 bits per heavy atom. The average Bonchev–Trinajstić information content (AvgIpc) is 3.16. The van der Waals surface area contributed by atoms with Crippen molar-refractivity contribution in [2.24, 2.45) is 0 Å². The Morgan fingerprint density at radius 3 is 2.25 bits per heavy atom. The minimum absolute atomic E-state index is 0.147. The average molecular weight is 444 g/mol. The highest BCUT2D eigenvalue weighted by atomic mass is 35.5. The zero-order valence-electron chi connectivity index (χ0n) is 17.5. The van der Waals surface area contributed by atoms with E-state index in [1.54, 1.807) is 36.4 Å². The molecule has 0 fully saturated rings. The van der Waals surface area contributed by atoms with Crippen molar-refractivity contribution < 1.29 is 9.59 Å². The van der Waals surface area contributed by atoms with Crippen molar-refractivity contribution in [3.63, 3.8) is 0 Å². The standard InChI is InChI=1S/C26H22ClN3O2/c1-16-7-11-18(12-8-16)21-22(26(32)29-15-17-9-13-20(27)14-10-17)25(28)30-23(21)24(31)19-5-3-2-4-6-19/h2-14,30H,15,28H2,1H3,(H,29,32). The van der Waals surface area contributed by atoms with E-state index in [1.807, 2.05) is 49.4 Å². The van der Waals surface area contributed by atoms with Crippen molar-refractivity contribution in [1.82, 2.24) is 10.3 Å². The molecule has 5 nitrogen and oxygen atoms in total. The molecule has 0 atom stereocenters. The fourth-order valence-electron chi connectivity index (χ4n) is 3.54. The Balaban J connectivity index is 1.75. The van der Waals surface area contributed by atoms with Gasteiger partial charge in [-0.2, -0.15) is 0 Å². The molecule has 0 unspecified atom stereocenters. The molecule has 0 spiro atoms. The van der Waals surface area contributed by atoms with Crippen molar-refractivity contribution in [1.29, 1.82) is 0 Å². The van der Waals surface area contributed by atoms with Crippen LogP contribution in [-0.4, -0.2) is 16.7 Å². The molecule has 4 rings (SSSR count). The number of carbonyl (C=O) groups is 2. The van der Waals surface area contributed by atoms with Gasteiger partial charge in [-0.15, -0.1) is 0 Å². The predicted molar refractivity (Wildman–Crippen MR) is 128 cm³/mol. The maximum absolute atomic E-state index is 13.3. The second kappa shape index (κ2) is 9.12. The minimum atomic E-state index is -0.364. The predicted octanol–water partition coefficient (Wildman–Crippen LogP) is 5.39. The number of H-pyrrole nitrogens is 1. The summed E-state index contributed by atoms with van der Waals surface area (Å²) in [4.78, 5) is 29.4. The monoisotopic (exact) mass is 443 g/mol. The number of ketones is 1. The highest BCUT2D eigenvalue weighted by Gasteiger charge is 2.27. The molecule has 0 bridgehead atoms. The first-order valence-corrected chi connectivity index (χ1v) is 10.5. The van der Waals surface area contributed by atoms with Gasteiger partial charge >= 0.3 is 0 Å². The number of anilines is 1. The lowest BCUT2D eigenvalue weighted by Gasteiger charge is -2.10. The molecular weight excluding hydrogens is 422 g/mol. The van der Waals surface area contributed by atoms with Crippen molar-refractivity contribution >= 4 is 29.1 Å². The van der Waals surface area contributed by atoms with Gasteiger partial charge in [-0.1, -0.05) is 83.9 Å². The third kappa shape index (κ3) is 4.43. The van der Waals surface area contributed by atoms with Gasteiger partial charge in [0.2, 0.25) is 5.78 Å². The number of nitrogens with one attached hydrogen (secondary N) is 2. The summed E-state index contributed by atoms with van der Waals surface area (Å²) >= 11 is 5.93. The fourth-order valence-corrected chi connectivity index (χ4v) is 3.67. The molecule has 0 saturated heterocycles. The van der Waals surface area contributed by atoms with Crippen LogP contribution in [0, 0.1) is 6.92 Å². The number of halogens is 1. The summed E-state index contributed by atoms with van der Waals surface area (Å²) in [7, 11) is 0.